The molecule has 21 heavy (non-hydrogen) atoms. The van der Waals surface area contributed by atoms with Gasteiger partial charge < -0.3 is 9.72 Å². The SMILES string of the molecule is O=C(OCc1cc[nH]c(=O)c1)c1cncc2ccccc12. The number of benzene rings is 1. The molecule has 0 bridgehead atoms. The Kier molecular flexibility index (Phi) is 3.47. The number of hydrogen-bond donors (Lipinski definition) is 1. The number of ether oxygens (including phenoxy) is 1. The molecule has 3 rings (SSSR count). The maximum Gasteiger partial charge on any atom is 0.340 e. The molecule has 0 atom stereocenters. The molecule has 104 valence electrons. The van der Waals surface area contributed by atoms with Crippen molar-refractivity contribution < 1.29 is 9.53 Å². The summed E-state index contributed by atoms with van der Waals surface area (Å²) >= 11 is 0. The van der Waals surface area contributed by atoms with E-state index in [4.69, 9.17) is 4.74 Å². The average molecular weight is 280 g/mol. The Morgan fingerprint density at radius 3 is 2.90 bits per heavy atom. The quantitative estimate of drug-likeness (QED) is 0.747. The van der Waals surface area contributed by atoms with Gasteiger partial charge in [0.25, 0.3) is 0 Å². The molecule has 0 spiro atoms. The minimum Gasteiger partial charge on any atom is -0.457 e. The van der Waals surface area contributed by atoms with Crippen LogP contribution >= 0.6 is 0 Å². The molecule has 0 aliphatic carbocycles. The van der Waals surface area contributed by atoms with Gasteiger partial charge in [0.1, 0.15) is 6.61 Å². The van der Waals surface area contributed by atoms with Crippen molar-refractivity contribution in [2.45, 2.75) is 6.61 Å². The number of nitrogens with zero attached hydrogens (tertiary/aromatic N) is 1. The predicted octanol–water partition coefficient (Wildman–Crippen LogP) is 2.28. The smallest absolute Gasteiger partial charge is 0.340 e. The van der Waals surface area contributed by atoms with Crippen molar-refractivity contribution in [2.75, 3.05) is 0 Å². The molecular formula is C16H12N2O3. The van der Waals surface area contributed by atoms with Gasteiger partial charge in [-0.3, -0.25) is 9.78 Å². The van der Waals surface area contributed by atoms with Gasteiger partial charge in [-0.1, -0.05) is 24.3 Å². The van der Waals surface area contributed by atoms with E-state index in [1.54, 1.807) is 12.3 Å². The number of aromatic amines is 1. The van der Waals surface area contributed by atoms with Crippen molar-refractivity contribution in [1.82, 2.24) is 9.97 Å². The third-order valence-electron chi connectivity index (χ3n) is 3.10. The molecule has 0 saturated heterocycles. The number of aromatic nitrogens is 2. The summed E-state index contributed by atoms with van der Waals surface area (Å²) in [7, 11) is 0. The van der Waals surface area contributed by atoms with Gasteiger partial charge in [-0.05, 0) is 17.0 Å². The summed E-state index contributed by atoms with van der Waals surface area (Å²) in [6, 6.07) is 10.6. The molecule has 5 heteroatoms. The number of rotatable bonds is 3. The lowest BCUT2D eigenvalue weighted by molar-refractivity contribution is 0.0474. The molecule has 0 fully saturated rings. The number of nitrogens with one attached hydrogen (secondary N) is 1. The highest BCUT2D eigenvalue weighted by atomic mass is 16.5. The molecule has 0 aliphatic rings. The number of esters is 1. The minimum absolute atomic E-state index is 0.0476. The van der Waals surface area contributed by atoms with Crippen LogP contribution in [0, 0.1) is 0 Å². The number of fused-ring (bicyclic) bond motifs is 1. The lowest BCUT2D eigenvalue weighted by atomic mass is 10.1. The van der Waals surface area contributed by atoms with Crippen molar-refractivity contribution in [1.29, 1.82) is 0 Å². The molecule has 0 aliphatic heterocycles. The Labute approximate surface area is 120 Å². The normalized spacial score (nSPS) is 10.5. The van der Waals surface area contributed by atoms with Crippen molar-refractivity contribution in [2.24, 2.45) is 0 Å². The van der Waals surface area contributed by atoms with E-state index in [9.17, 15) is 9.59 Å². The van der Waals surface area contributed by atoms with E-state index in [0.717, 1.165) is 10.8 Å². The van der Waals surface area contributed by atoms with E-state index < -0.39 is 5.97 Å². The van der Waals surface area contributed by atoms with E-state index in [-0.39, 0.29) is 12.2 Å². The minimum atomic E-state index is -0.459. The zero-order valence-corrected chi connectivity index (χ0v) is 11.1. The molecule has 3 aromatic rings. The molecule has 2 aromatic heterocycles. The van der Waals surface area contributed by atoms with Crippen LogP contribution in [-0.4, -0.2) is 15.9 Å². The Hall–Kier alpha value is -2.95. The fourth-order valence-corrected chi connectivity index (χ4v) is 2.08. The molecule has 5 nitrogen and oxygen atoms in total. The van der Waals surface area contributed by atoms with E-state index in [2.05, 4.69) is 9.97 Å². The van der Waals surface area contributed by atoms with Crippen LogP contribution in [0.25, 0.3) is 10.8 Å². The lowest BCUT2D eigenvalue weighted by Crippen LogP contribution is -2.09. The van der Waals surface area contributed by atoms with E-state index >= 15 is 0 Å². The molecule has 0 unspecified atom stereocenters. The maximum absolute atomic E-state index is 12.2. The molecule has 2 heterocycles. The highest BCUT2D eigenvalue weighted by molar-refractivity contribution is 6.03. The third-order valence-corrected chi connectivity index (χ3v) is 3.10. The van der Waals surface area contributed by atoms with Crippen LogP contribution in [0.2, 0.25) is 0 Å². The van der Waals surface area contributed by atoms with E-state index in [0.29, 0.717) is 11.1 Å². The van der Waals surface area contributed by atoms with Crippen LogP contribution in [0.15, 0.2) is 59.8 Å². The van der Waals surface area contributed by atoms with Gasteiger partial charge >= 0.3 is 5.97 Å². The zero-order valence-electron chi connectivity index (χ0n) is 11.1. The number of carbonyl (C=O) groups excluding carboxylic acids is 1. The van der Waals surface area contributed by atoms with Crippen LogP contribution in [0.4, 0.5) is 0 Å². The Bertz CT molecular complexity index is 850. The van der Waals surface area contributed by atoms with Crippen LogP contribution in [0.3, 0.4) is 0 Å². The first kappa shape index (κ1) is 13.1. The van der Waals surface area contributed by atoms with Crippen molar-refractivity contribution in [3.63, 3.8) is 0 Å². The first-order valence-electron chi connectivity index (χ1n) is 6.41. The number of H-pyrrole nitrogens is 1. The second-order valence-corrected chi connectivity index (χ2v) is 4.55. The first-order valence-corrected chi connectivity index (χ1v) is 6.41. The zero-order chi connectivity index (χ0) is 14.7. The van der Waals surface area contributed by atoms with Gasteiger partial charge in [0.2, 0.25) is 5.56 Å². The average Bonchev–Trinajstić information content (AvgIpc) is 2.52. The largest absolute Gasteiger partial charge is 0.457 e. The molecule has 0 saturated carbocycles. The fourth-order valence-electron chi connectivity index (χ4n) is 2.08. The van der Waals surface area contributed by atoms with Crippen LogP contribution in [0.1, 0.15) is 15.9 Å². The highest BCUT2D eigenvalue weighted by Crippen LogP contribution is 2.18. The molecule has 0 amide bonds. The summed E-state index contributed by atoms with van der Waals surface area (Å²) in [5.41, 5.74) is 0.827. The monoisotopic (exact) mass is 280 g/mol. The second-order valence-electron chi connectivity index (χ2n) is 4.55. The van der Waals surface area contributed by atoms with Gasteiger partial charge in [0, 0.05) is 30.0 Å². The van der Waals surface area contributed by atoms with Crippen molar-refractivity contribution >= 4 is 16.7 Å². The first-order chi connectivity index (χ1) is 10.2. The Morgan fingerprint density at radius 1 is 1.19 bits per heavy atom. The second kappa shape index (κ2) is 5.58. The molecule has 1 N–H and O–H groups in total. The van der Waals surface area contributed by atoms with Crippen LogP contribution < -0.4 is 5.56 Å². The Morgan fingerprint density at radius 2 is 2.05 bits per heavy atom. The summed E-state index contributed by atoms with van der Waals surface area (Å²) in [6.45, 7) is 0.0476. The third kappa shape index (κ3) is 2.81. The summed E-state index contributed by atoms with van der Waals surface area (Å²) in [6.07, 6.45) is 4.70. The van der Waals surface area contributed by atoms with Crippen LogP contribution in [-0.2, 0) is 11.3 Å². The Balaban J connectivity index is 1.83. The number of carbonyl (C=O) groups is 1. The van der Waals surface area contributed by atoms with Crippen molar-refractivity contribution in [3.8, 4) is 0 Å². The van der Waals surface area contributed by atoms with Gasteiger partial charge in [-0.25, -0.2) is 4.79 Å². The topological polar surface area (TPSA) is 72.1 Å². The molecular weight excluding hydrogens is 268 g/mol. The van der Waals surface area contributed by atoms with Crippen molar-refractivity contribution in [3.05, 3.63) is 76.5 Å². The standard InChI is InChI=1S/C16H12N2O3/c19-15-7-11(5-6-18-15)10-21-16(20)14-9-17-8-12-3-1-2-4-13(12)14/h1-9H,10H2,(H,18,19). The van der Waals surface area contributed by atoms with Gasteiger partial charge in [-0.15, -0.1) is 0 Å². The van der Waals surface area contributed by atoms with E-state index in [1.807, 2.05) is 24.3 Å². The number of hydrogen-bond acceptors (Lipinski definition) is 4. The maximum atomic E-state index is 12.2. The summed E-state index contributed by atoms with van der Waals surface area (Å²) in [5.74, 6) is -0.459. The lowest BCUT2D eigenvalue weighted by Gasteiger charge is -2.07. The summed E-state index contributed by atoms with van der Waals surface area (Å²) in [5, 5.41) is 1.67. The van der Waals surface area contributed by atoms with Gasteiger partial charge in [0.05, 0.1) is 5.56 Å². The predicted molar refractivity (Wildman–Crippen MR) is 77.9 cm³/mol. The van der Waals surface area contributed by atoms with E-state index in [1.165, 1.54) is 18.5 Å². The van der Waals surface area contributed by atoms with Gasteiger partial charge in [-0.2, -0.15) is 0 Å². The molecule has 0 radical (unpaired) electrons. The highest BCUT2D eigenvalue weighted by Gasteiger charge is 2.12. The molecule has 1 aromatic carbocycles. The van der Waals surface area contributed by atoms with Gasteiger partial charge in [0.15, 0.2) is 0 Å². The van der Waals surface area contributed by atoms with Crippen LogP contribution in [0.5, 0.6) is 0 Å². The summed E-state index contributed by atoms with van der Waals surface area (Å²) < 4.78 is 5.25. The fraction of sp³-hybridized carbons (Fsp3) is 0.0625. The summed E-state index contributed by atoms with van der Waals surface area (Å²) in [4.78, 5) is 29.9. The number of pyridine rings is 2.